The zero-order valence-corrected chi connectivity index (χ0v) is 8.24. The number of hydrogen-bond acceptors (Lipinski definition) is 1. The van der Waals surface area contributed by atoms with E-state index in [1.54, 1.807) is 6.26 Å². The molecule has 0 aliphatic rings. The Hall–Kier alpha value is -1.31. The third kappa shape index (κ3) is 1.44. The van der Waals surface area contributed by atoms with Crippen molar-refractivity contribution in [2.75, 3.05) is 0 Å². The van der Waals surface area contributed by atoms with E-state index >= 15 is 0 Å². The molecule has 68 valence electrons. The fraction of sp³-hybridized carbons (Fsp3) is 0.364. The van der Waals surface area contributed by atoms with E-state index in [0.717, 1.165) is 11.0 Å². The molecule has 0 spiro atoms. The summed E-state index contributed by atoms with van der Waals surface area (Å²) in [5, 5.41) is 1.15. The predicted molar refractivity (Wildman–Crippen MR) is 51.4 cm³/mol. The fourth-order valence-electron chi connectivity index (χ4n) is 1.33. The lowest BCUT2D eigenvalue weighted by Crippen LogP contribution is -2.49. The second-order valence-corrected chi connectivity index (χ2v) is 4.26. The zero-order chi connectivity index (χ0) is 9.47. The van der Waals surface area contributed by atoms with Gasteiger partial charge in [0.05, 0.1) is 11.6 Å². The largest absolute Gasteiger partial charge is 0.464 e. The first-order chi connectivity index (χ1) is 6.07. The first-order valence-corrected chi connectivity index (χ1v) is 4.46. The Morgan fingerprint density at radius 1 is 1.23 bits per heavy atom. The van der Waals surface area contributed by atoms with Crippen LogP contribution >= 0.6 is 0 Å². The monoisotopic (exact) mass is 176 g/mol. The van der Waals surface area contributed by atoms with Gasteiger partial charge in [0.15, 0.2) is 17.9 Å². The van der Waals surface area contributed by atoms with Crippen molar-refractivity contribution in [3.8, 4) is 0 Å². The number of fused-ring (bicyclic) bond motifs is 1. The van der Waals surface area contributed by atoms with Crippen molar-refractivity contribution in [3.63, 3.8) is 0 Å². The van der Waals surface area contributed by atoms with E-state index in [0.29, 0.717) is 0 Å². The molecule has 13 heavy (non-hydrogen) atoms. The molecule has 2 nitrogen and oxygen atoms in total. The number of pyridine rings is 1. The highest BCUT2D eigenvalue weighted by Gasteiger charge is 2.21. The maximum Gasteiger partial charge on any atom is 0.180 e. The van der Waals surface area contributed by atoms with Crippen LogP contribution in [0.3, 0.4) is 0 Å². The van der Waals surface area contributed by atoms with Crippen molar-refractivity contribution in [1.82, 2.24) is 0 Å². The molecular formula is C11H14NO+. The third-order valence-corrected chi connectivity index (χ3v) is 2.17. The molecule has 0 amide bonds. The van der Waals surface area contributed by atoms with Crippen LogP contribution in [0.5, 0.6) is 0 Å². The Bertz CT molecular complexity index is 423. The van der Waals surface area contributed by atoms with Gasteiger partial charge in [-0.1, -0.05) is 0 Å². The first-order valence-electron chi connectivity index (χ1n) is 4.46. The summed E-state index contributed by atoms with van der Waals surface area (Å²) in [6.45, 7) is 6.54. The van der Waals surface area contributed by atoms with Crippen LogP contribution in [0.25, 0.3) is 11.0 Å². The van der Waals surface area contributed by atoms with Crippen LogP contribution in [0.15, 0.2) is 35.2 Å². The Morgan fingerprint density at radius 2 is 2.00 bits per heavy atom. The summed E-state index contributed by atoms with van der Waals surface area (Å²) in [4.78, 5) is 0. The summed E-state index contributed by atoms with van der Waals surface area (Å²) in [5.74, 6) is 0. The van der Waals surface area contributed by atoms with Gasteiger partial charge in [-0.05, 0) is 6.07 Å². The van der Waals surface area contributed by atoms with Crippen molar-refractivity contribution >= 4 is 11.0 Å². The van der Waals surface area contributed by atoms with Crippen LogP contribution in [0, 0.1) is 0 Å². The maximum absolute atomic E-state index is 5.27. The molecule has 0 aromatic carbocycles. The average molecular weight is 176 g/mol. The summed E-state index contributed by atoms with van der Waals surface area (Å²) in [5.41, 5.74) is 1.08. The average Bonchev–Trinajstić information content (AvgIpc) is 2.47. The van der Waals surface area contributed by atoms with Crippen molar-refractivity contribution in [1.29, 1.82) is 0 Å². The Labute approximate surface area is 77.8 Å². The van der Waals surface area contributed by atoms with Gasteiger partial charge < -0.3 is 4.42 Å². The van der Waals surface area contributed by atoms with Crippen LogP contribution < -0.4 is 4.57 Å². The minimum Gasteiger partial charge on any atom is -0.464 e. The van der Waals surface area contributed by atoms with Gasteiger partial charge in [-0.2, -0.15) is 4.57 Å². The van der Waals surface area contributed by atoms with Gasteiger partial charge in [-0.3, -0.25) is 0 Å². The lowest BCUT2D eigenvalue weighted by atomic mass is 10.1. The molecule has 2 heterocycles. The van der Waals surface area contributed by atoms with Gasteiger partial charge in [0.1, 0.15) is 5.58 Å². The molecule has 0 fully saturated rings. The molecule has 0 unspecified atom stereocenters. The van der Waals surface area contributed by atoms with Crippen molar-refractivity contribution in [2.45, 2.75) is 26.3 Å². The van der Waals surface area contributed by atoms with E-state index in [2.05, 4.69) is 31.5 Å². The van der Waals surface area contributed by atoms with Gasteiger partial charge in [0, 0.05) is 26.8 Å². The highest BCUT2D eigenvalue weighted by atomic mass is 16.3. The van der Waals surface area contributed by atoms with Crippen molar-refractivity contribution in [3.05, 3.63) is 30.8 Å². The smallest absolute Gasteiger partial charge is 0.180 e. The minimum absolute atomic E-state index is 0.130. The minimum atomic E-state index is 0.130. The molecule has 0 radical (unpaired) electrons. The van der Waals surface area contributed by atoms with Gasteiger partial charge in [0.25, 0.3) is 0 Å². The van der Waals surface area contributed by atoms with Crippen molar-refractivity contribution in [2.24, 2.45) is 0 Å². The molecule has 0 saturated heterocycles. The lowest BCUT2D eigenvalue weighted by Gasteiger charge is -2.11. The molecule has 0 aliphatic carbocycles. The van der Waals surface area contributed by atoms with Crippen LogP contribution in [-0.4, -0.2) is 0 Å². The predicted octanol–water partition coefficient (Wildman–Crippen LogP) is 2.48. The van der Waals surface area contributed by atoms with Crippen LogP contribution in [0.4, 0.5) is 0 Å². The molecule has 2 heteroatoms. The summed E-state index contributed by atoms with van der Waals surface area (Å²) in [7, 11) is 0. The molecule has 2 aromatic rings. The van der Waals surface area contributed by atoms with Crippen molar-refractivity contribution < 1.29 is 8.98 Å². The Morgan fingerprint density at radius 3 is 2.69 bits per heavy atom. The fourth-order valence-corrected chi connectivity index (χ4v) is 1.33. The molecular weight excluding hydrogens is 162 g/mol. The molecule has 0 saturated carbocycles. The number of rotatable bonds is 0. The Kier molecular flexibility index (Phi) is 1.65. The summed E-state index contributed by atoms with van der Waals surface area (Å²) in [6.07, 6.45) is 5.88. The number of hydrogen-bond donors (Lipinski definition) is 0. The second kappa shape index (κ2) is 2.59. The molecule has 0 atom stereocenters. The standard InChI is InChI=1S/C11H14NO/c1-11(2,3)12-6-4-10-9(8-12)5-7-13-10/h4-8H,1-3H3/q+1. The summed E-state index contributed by atoms with van der Waals surface area (Å²) < 4.78 is 7.46. The van der Waals surface area contributed by atoms with E-state index in [1.807, 2.05) is 18.3 Å². The second-order valence-electron chi connectivity index (χ2n) is 4.26. The zero-order valence-electron chi connectivity index (χ0n) is 8.24. The number of nitrogens with zero attached hydrogens (tertiary/aromatic N) is 1. The third-order valence-electron chi connectivity index (χ3n) is 2.17. The maximum atomic E-state index is 5.27. The quantitative estimate of drug-likeness (QED) is 0.563. The van der Waals surface area contributed by atoms with Crippen LogP contribution in [-0.2, 0) is 5.54 Å². The molecule has 0 aliphatic heterocycles. The normalized spacial score (nSPS) is 12.2. The number of aromatic nitrogens is 1. The topological polar surface area (TPSA) is 17.0 Å². The molecule has 0 bridgehead atoms. The molecule has 2 rings (SSSR count). The van der Waals surface area contributed by atoms with Gasteiger partial charge in [0.2, 0.25) is 0 Å². The number of furan rings is 1. The van der Waals surface area contributed by atoms with Gasteiger partial charge >= 0.3 is 0 Å². The highest BCUT2D eigenvalue weighted by Crippen LogP contribution is 2.13. The molecule has 2 aromatic heterocycles. The van der Waals surface area contributed by atoms with E-state index in [-0.39, 0.29) is 5.54 Å². The van der Waals surface area contributed by atoms with E-state index in [9.17, 15) is 0 Å². The van der Waals surface area contributed by atoms with Crippen LogP contribution in [0.1, 0.15) is 20.8 Å². The molecule has 0 N–H and O–H groups in total. The van der Waals surface area contributed by atoms with Gasteiger partial charge in [-0.15, -0.1) is 0 Å². The van der Waals surface area contributed by atoms with E-state index in [1.165, 1.54) is 0 Å². The SMILES string of the molecule is CC(C)(C)[n+]1ccc2occc2c1. The summed E-state index contributed by atoms with van der Waals surface area (Å²) >= 11 is 0. The van der Waals surface area contributed by atoms with E-state index < -0.39 is 0 Å². The lowest BCUT2D eigenvalue weighted by molar-refractivity contribution is -0.752. The Balaban J connectivity index is 2.61. The summed E-state index contributed by atoms with van der Waals surface area (Å²) in [6, 6.07) is 3.98. The first kappa shape index (κ1) is 8.30. The van der Waals surface area contributed by atoms with Crippen LogP contribution in [0.2, 0.25) is 0 Å². The highest BCUT2D eigenvalue weighted by molar-refractivity contribution is 5.74. The van der Waals surface area contributed by atoms with Gasteiger partial charge in [-0.25, -0.2) is 0 Å². The van der Waals surface area contributed by atoms with E-state index in [4.69, 9.17) is 4.42 Å².